The van der Waals surface area contributed by atoms with E-state index >= 15 is 0 Å². The number of carbonyl (C=O) groups excluding carboxylic acids is 2. The van der Waals surface area contributed by atoms with Crippen molar-refractivity contribution in [3.8, 4) is 23.0 Å². The fourth-order valence-electron chi connectivity index (χ4n) is 2.78. The molecule has 0 aromatic heterocycles. The average Bonchev–Trinajstić information content (AvgIpc) is 2.82. The first-order valence-corrected chi connectivity index (χ1v) is 11.5. The Kier molecular flexibility index (Phi) is 9.58. The Bertz CT molecular complexity index is 1190. The van der Waals surface area contributed by atoms with Gasteiger partial charge in [-0.1, -0.05) is 34.8 Å². The largest absolute Gasteiger partial charge is 0.457 e. The Morgan fingerprint density at radius 3 is 1.92 bits per heavy atom. The number of amides is 2. The topological polar surface area (TPSA) is 85.9 Å². The highest BCUT2D eigenvalue weighted by molar-refractivity contribution is 6.67. The van der Waals surface area contributed by atoms with Gasteiger partial charge in [0.2, 0.25) is 3.79 Å². The quantitative estimate of drug-likeness (QED) is 0.275. The summed E-state index contributed by atoms with van der Waals surface area (Å²) < 4.78 is 40.2. The summed E-state index contributed by atoms with van der Waals surface area (Å²) in [4.78, 5) is 24.1. The summed E-state index contributed by atoms with van der Waals surface area (Å²) in [5.74, 6) is 0.343. The highest BCUT2D eigenvalue weighted by Gasteiger charge is 2.22. The highest BCUT2D eigenvalue weighted by Crippen LogP contribution is 2.33. The van der Waals surface area contributed by atoms with Crippen LogP contribution < -0.4 is 20.1 Å². The van der Waals surface area contributed by atoms with E-state index in [0.29, 0.717) is 17.1 Å². The summed E-state index contributed by atoms with van der Waals surface area (Å²) >= 11 is 16.8. The van der Waals surface area contributed by atoms with E-state index in [-0.39, 0.29) is 23.7 Å². The van der Waals surface area contributed by atoms with Crippen LogP contribution in [0.2, 0.25) is 0 Å². The Morgan fingerprint density at radius 1 is 0.833 bits per heavy atom. The fourth-order valence-corrected chi connectivity index (χ4v) is 2.94. The molecule has 0 atom stereocenters. The lowest BCUT2D eigenvalue weighted by Gasteiger charge is -2.14. The normalized spacial score (nSPS) is 10.9. The first kappa shape index (κ1) is 27.3. The van der Waals surface area contributed by atoms with E-state index < -0.39 is 34.9 Å². The van der Waals surface area contributed by atoms with Crippen LogP contribution in [-0.2, 0) is 4.74 Å². The molecule has 0 aliphatic rings. The zero-order valence-corrected chi connectivity index (χ0v) is 20.7. The van der Waals surface area contributed by atoms with Gasteiger partial charge in [0.1, 0.15) is 42.1 Å². The van der Waals surface area contributed by atoms with Crippen LogP contribution in [0, 0.1) is 5.82 Å². The van der Waals surface area contributed by atoms with Crippen LogP contribution >= 0.6 is 34.8 Å². The maximum Gasteiger partial charge on any atom is 0.411 e. The van der Waals surface area contributed by atoms with Crippen molar-refractivity contribution in [2.24, 2.45) is 0 Å². The van der Waals surface area contributed by atoms with Gasteiger partial charge in [-0.05, 0) is 48.5 Å². The lowest BCUT2D eigenvalue weighted by atomic mass is 10.2. The number of halogens is 5. The number of rotatable bonds is 9. The van der Waals surface area contributed by atoms with Crippen molar-refractivity contribution in [3.05, 3.63) is 78.1 Å². The minimum atomic E-state index is -1.78. The van der Waals surface area contributed by atoms with Gasteiger partial charge in [0, 0.05) is 30.3 Å². The third kappa shape index (κ3) is 9.07. The van der Waals surface area contributed by atoms with Crippen LogP contribution in [0.5, 0.6) is 23.0 Å². The second-order valence-electron chi connectivity index (χ2n) is 7.14. The molecular formula is C24H19Cl3F2N2O5. The maximum atomic E-state index is 13.2. The standard InChI is InChI=1S/C24H19Cl3F2N2O5/c25-24(26,27)14-34-23(33)31-17-11-20(13-21(12-17)36-19-7-3-16(29)4-8-19)35-18-5-1-15(2-6-18)22(32)30-10-9-28/h1-8,11-13H,9-10,14H2,(H,30,32)(H,31,33). The molecule has 0 radical (unpaired) electrons. The monoisotopic (exact) mass is 558 g/mol. The van der Waals surface area contributed by atoms with Crippen LogP contribution in [-0.4, -0.2) is 35.6 Å². The summed E-state index contributed by atoms with van der Waals surface area (Å²) in [5.41, 5.74) is 0.546. The van der Waals surface area contributed by atoms with Crippen molar-refractivity contribution in [1.29, 1.82) is 0 Å². The van der Waals surface area contributed by atoms with Crippen molar-refractivity contribution >= 4 is 52.5 Å². The van der Waals surface area contributed by atoms with Gasteiger partial charge in [-0.2, -0.15) is 0 Å². The van der Waals surface area contributed by atoms with Crippen LogP contribution in [0.1, 0.15) is 10.4 Å². The molecule has 0 spiro atoms. The molecule has 3 aromatic carbocycles. The van der Waals surface area contributed by atoms with Gasteiger partial charge in [0.25, 0.3) is 5.91 Å². The van der Waals surface area contributed by atoms with Gasteiger partial charge in [-0.15, -0.1) is 0 Å². The molecule has 36 heavy (non-hydrogen) atoms. The molecule has 3 rings (SSSR count). The Morgan fingerprint density at radius 2 is 1.39 bits per heavy atom. The van der Waals surface area contributed by atoms with Gasteiger partial charge in [0.05, 0.1) is 5.69 Å². The number of nitrogens with one attached hydrogen (secondary N) is 2. The van der Waals surface area contributed by atoms with Crippen molar-refractivity contribution in [1.82, 2.24) is 5.32 Å². The van der Waals surface area contributed by atoms with E-state index in [0.717, 1.165) is 0 Å². The molecule has 0 aliphatic carbocycles. The van der Waals surface area contributed by atoms with Gasteiger partial charge < -0.3 is 19.5 Å². The molecule has 0 unspecified atom stereocenters. The van der Waals surface area contributed by atoms with Crippen molar-refractivity contribution in [2.75, 3.05) is 25.1 Å². The number of alkyl halides is 4. The lowest BCUT2D eigenvalue weighted by molar-refractivity contribution is 0.0950. The number of hydrogen-bond acceptors (Lipinski definition) is 5. The second-order valence-corrected chi connectivity index (χ2v) is 9.65. The lowest BCUT2D eigenvalue weighted by Crippen LogP contribution is -2.25. The predicted octanol–water partition coefficient (Wildman–Crippen LogP) is 7.03. The van der Waals surface area contributed by atoms with E-state index in [2.05, 4.69) is 10.6 Å². The minimum absolute atomic E-state index is 0.0855. The Balaban J connectivity index is 1.79. The molecule has 0 bridgehead atoms. The van der Waals surface area contributed by atoms with Crippen molar-refractivity contribution in [2.45, 2.75) is 3.79 Å². The molecule has 0 saturated heterocycles. The van der Waals surface area contributed by atoms with E-state index in [4.69, 9.17) is 49.0 Å². The third-order valence-electron chi connectivity index (χ3n) is 4.27. The number of anilines is 1. The van der Waals surface area contributed by atoms with Gasteiger partial charge in [0.15, 0.2) is 0 Å². The minimum Gasteiger partial charge on any atom is -0.457 e. The summed E-state index contributed by atoms with van der Waals surface area (Å²) in [7, 11) is 0. The zero-order chi connectivity index (χ0) is 26.1. The SMILES string of the molecule is O=C(Nc1cc(Oc2ccc(F)cc2)cc(Oc2ccc(C(=O)NCCF)cc2)c1)OCC(Cl)(Cl)Cl. The molecule has 0 saturated carbocycles. The Labute approximate surface area is 220 Å². The number of ether oxygens (including phenoxy) is 3. The molecule has 0 fully saturated rings. The first-order valence-electron chi connectivity index (χ1n) is 10.3. The number of carbonyl (C=O) groups is 2. The van der Waals surface area contributed by atoms with Gasteiger partial charge in [-0.3, -0.25) is 10.1 Å². The third-order valence-corrected chi connectivity index (χ3v) is 4.60. The predicted molar refractivity (Wildman–Crippen MR) is 133 cm³/mol. The molecule has 2 amide bonds. The smallest absolute Gasteiger partial charge is 0.411 e. The maximum absolute atomic E-state index is 13.2. The molecule has 0 heterocycles. The summed E-state index contributed by atoms with van der Waals surface area (Å²) in [6.45, 7) is -1.24. The van der Waals surface area contributed by atoms with Crippen LogP contribution in [0.15, 0.2) is 66.7 Å². The second kappa shape index (κ2) is 12.6. The summed E-state index contributed by atoms with van der Waals surface area (Å²) in [6, 6.07) is 15.9. The molecule has 190 valence electrons. The van der Waals surface area contributed by atoms with Crippen molar-refractivity contribution in [3.63, 3.8) is 0 Å². The molecule has 0 aliphatic heterocycles. The molecule has 7 nitrogen and oxygen atoms in total. The van der Waals surface area contributed by atoms with Gasteiger partial charge >= 0.3 is 6.09 Å². The van der Waals surface area contributed by atoms with Crippen LogP contribution in [0.25, 0.3) is 0 Å². The van der Waals surface area contributed by atoms with Crippen molar-refractivity contribution < 1.29 is 32.6 Å². The Hall–Kier alpha value is -3.27. The molecule has 2 N–H and O–H groups in total. The summed E-state index contributed by atoms with van der Waals surface area (Å²) in [6.07, 6.45) is -0.894. The van der Waals surface area contributed by atoms with E-state index in [1.807, 2.05) is 0 Å². The molecule has 3 aromatic rings. The fraction of sp³-hybridized carbons (Fsp3) is 0.167. The first-order chi connectivity index (χ1) is 17.1. The van der Waals surface area contributed by atoms with E-state index in [1.165, 1.54) is 54.6 Å². The summed E-state index contributed by atoms with van der Waals surface area (Å²) in [5, 5.41) is 4.90. The van der Waals surface area contributed by atoms with Gasteiger partial charge in [-0.25, -0.2) is 13.6 Å². The molecule has 12 heteroatoms. The average molecular weight is 560 g/mol. The van der Waals surface area contributed by atoms with E-state index in [9.17, 15) is 18.4 Å². The number of benzene rings is 3. The zero-order valence-electron chi connectivity index (χ0n) is 18.4. The highest BCUT2D eigenvalue weighted by atomic mass is 35.6. The molecular weight excluding hydrogens is 541 g/mol. The van der Waals surface area contributed by atoms with Crippen LogP contribution in [0.4, 0.5) is 19.3 Å². The van der Waals surface area contributed by atoms with Crippen LogP contribution in [0.3, 0.4) is 0 Å². The van der Waals surface area contributed by atoms with E-state index in [1.54, 1.807) is 12.1 Å². The number of hydrogen-bond donors (Lipinski definition) is 2.